The fraction of sp³-hybridized carbons (Fsp3) is 0.545. The van der Waals surface area contributed by atoms with Crippen molar-refractivity contribution in [3.05, 3.63) is 23.0 Å². The molecule has 0 unspecified atom stereocenters. The zero-order chi connectivity index (χ0) is 12.3. The van der Waals surface area contributed by atoms with Crippen LogP contribution in [-0.2, 0) is 13.2 Å². The van der Waals surface area contributed by atoms with E-state index >= 15 is 0 Å². The number of hydrogen-bond acceptors (Lipinski definition) is 5. The van der Waals surface area contributed by atoms with Crippen LogP contribution < -0.4 is 5.84 Å². The van der Waals surface area contributed by atoms with Gasteiger partial charge in [0.1, 0.15) is 5.75 Å². The molecule has 0 saturated heterocycles. The second-order valence-corrected chi connectivity index (χ2v) is 4.12. The molecule has 5 nitrogen and oxygen atoms in total. The minimum atomic E-state index is -0.151. The molecule has 1 rings (SSSR count). The molecule has 0 aliphatic carbocycles. The minimum Gasteiger partial charge on any atom is -0.506 e. The van der Waals surface area contributed by atoms with Gasteiger partial charge in [0.25, 0.3) is 0 Å². The summed E-state index contributed by atoms with van der Waals surface area (Å²) in [5, 5.41) is 20.7. The summed E-state index contributed by atoms with van der Waals surface area (Å²) in [5.41, 5.74) is 1.80. The van der Waals surface area contributed by atoms with Crippen molar-refractivity contribution in [1.29, 1.82) is 0 Å². The summed E-state index contributed by atoms with van der Waals surface area (Å²) in [6.07, 6.45) is 1.57. The van der Waals surface area contributed by atoms with E-state index in [1.165, 1.54) is 0 Å². The zero-order valence-electron chi connectivity index (χ0n) is 9.94. The first-order chi connectivity index (χ1) is 7.47. The van der Waals surface area contributed by atoms with Gasteiger partial charge in [-0.25, -0.2) is 5.01 Å². The van der Waals surface area contributed by atoms with Crippen molar-refractivity contribution < 1.29 is 10.2 Å². The van der Waals surface area contributed by atoms with Gasteiger partial charge in [0, 0.05) is 29.9 Å². The first-order valence-electron chi connectivity index (χ1n) is 5.25. The fourth-order valence-corrected chi connectivity index (χ4v) is 1.36. The van der Waals surface area contributed by atoms with Crippen molar-refractivity contribution in [2.75, 3.05) is 0 Å². The highest BCUT2D eigenvalue weighted by molar-refractivity contribution is 5.40. The van der Waals surface area contributed by atoms with Crippen LogP contribution in [0.2, 0.25) is 0 Å². The molecule has 0 fully saturated rings. The molecule has 90 valence electrons. The molecule has 1 aromatic rings. The third-order valence-corrected chi connectivity index (χ3v) is 2.60. The second-order valence-electron chi connectivity index (χ2n) is 4.12. The Kier molecular flexibility index (Phi) is 4.23. The lowest BCUT2D eigenvalue weighted by Crippen LogP contribution is -2.37. The van der Waals surface area contributed by atoms with Gasteiger partial charge in [-0.3, -0.25) is 10.8 Å². The Balaban J connectivity index is 3.05. The van der Waals surface area contributed by atoms with E-state index in [-0.39, 0.29) is 18.4 Å². The maximum atomic E-state index is 9.88. The Hall–Kier alpha value is -1.17. The molecule has 1 heterocycles. The maximum absolute atomic E-state index is 9.88. The predicted octanol–water partition coefficient (Wildman–Crippen LogP) is 0.672. The van der Waals surface area contributed by atoms with E-state index in [0.717, 1.165) is 0 Å². The van der Waals surface area contributed by atoms with Crippen molar-refractivity contribution in [2.24, 2.45) is 5.84 Å². The SMILES string of the molecule is Cc1ncc(CO)c(CN(N)C(C)C)c1O. The van der Waals surface area contributed by atoms with E-state index in [1.807, 2.05) is 13.8 Å². The summed E-state index contributed by atoms with van der Waals surface area (Å²) < 4.78 is 0. The highest BCUT2D eigenvalue weighted by Crippen LogP contribution is 2.25. The monoisotopic (exact) mass is 225 g/mol. The summed E-state index contributed by atoms with van der Waals surface area (Å²) in [7, 11) is 0. The Morgan fingerprint density at radius 2 is 2.12 bits per heavy atom. The maximum Gasteiger partial charge on any atom is 0.141 e. The third-order valence-electron chi connectivity index (χ3n) is 2.60. The molecule has 5 heteroatoms. The van der Waals surface area contributed by atoms with E-state index in [9.17, 15) is 10.2 Å². The number of aryl methyl sites for hydroxylation is 1. The van der Waals surface area contributed by atoms with Crippen LogP contribution in [0.3, 0.4) is 0 Å². The van der Waals surface area contributed by atoms with Gasteiger partial charge in [-0.05, 0) is 20.8 Å². The number of nitrogens with zero attached hydrogens (tertiary/aromatic N) is 2. The molecule has 0 spiro atoms. The van der Waals surface area contributed by atoms with Gasteiger partial charge < -0.3 is 10.2 Å². The normalized spacial score (nSPS) is 11.4. The number of pyridine rings is 1. The van der Waals surface area contributed by atoms with Crippen molar-refractivity contribution >= 4 is 0 Å². The van der Waals surface area contributed by atoms with Gasteiger partial charge in [-0.2, -0.15) is 0 Å². The largest absolute Gasteiger partial charge is 0.506 e. The van der Waals surface area contributed by atoms with Crippen molar-refractivity contribution in [1.82, 2.24) is 9.99 Å². The molecule has 0 radical (unpaired) electrons. The third kappa shape index (κ3) is 2.69. The van der Waals surface area contributed by atoms with Gasteiger partial charge in [0.05, 0.1) is 12.3 Å². The number of hydrazine groups is 1. The van der Waals surface area contributed by atoms with Crippen LogP contribution in [0.5, 0.6) is 5.75 Å². The summed E-state index contributed by atoms with van der Waals surface area (Å²) in [6, 6.07) is 0.166. The lowest BCUT2D eigenvalue weighted by atomic mass is 10.1. The van der Waals surface area contributed by atoms with Crippen LogP contribution in [0.1, 0.15) is 30.7 Å². The van der Waals surface area contributed by atoms with E-state index in [1.54, 1.807) is 18.1 Å². The van der Waals surface area contributed by atoms with Crippen molar-refractivity contribution in [2.45, 2.75) is 40.0 Å². The molecule has 0 atom stereocenters. The van der Waals surface area contributed by atoms with Gasteiger partial charge in [-0.15, -0.1) is 0 Å². The molecular formula is C11H19N3O2. The molecular weight excluding hydrogens is 206 g/mol. The Bertz CT molecular complexity index is 366. The lowest BCUT2D eigenvalue weighted by molar-refractivity contribution is 0.211. The van der Waals surface area contributed by atoms with Crippen LogP contribution >= 0.6 is 0 Å². The Labute approximate surface area is 95.5 Å². The molecule has 0 aromatic carbocycles. The smallest absolute Gasteiger partial charge is 0.141 e. The van der Waals surface area contributed by atoms with E-state index in [0.29, 0.717) is 23.4 Å². The molecule has 0 bridgehead atoms. The predicted molar refractivity (Wildman–Crippen MR) is 61.4 cm³/mol. The van der Waals surface area contributed by atoms with Crippen LogP contribution in [-0.4, -0.2) is 26.2 Å². The minimum absolute atomic E-state index is 0.114. The highest BCUT2D eigenvalue weighted by atomic mass is 16.3. The van der Waals surface area contributed by atoms with E-state index < -0.39 is 0 Å². The fourth-order valence-electron chi connectivity index (χ4n) is 1.36. The summed E-state index contributed by atoms with van der Waals surface area (Å²) in [4.78, 5) is 3.99. The number of aromatic nitrogens is 1. The summed E-state index contributed by atoms with van der Waals surface area (Å²) in [5.74, 6) is 5.92. The van der Waals surface area contributed by atoms with Gasteiger partial charge >= 0.3 is 0 Å². The average Bonchev–Trinajstić information content (AvgIpc) is 2.25. The van der Waals surface area contributed by atoms with Crippen LogP contribution in [0, 0.1) is 6.92 Å². The molecule has 0 saturated carbocycles. The van der Waals surface area contributed by atoms with Gasteiger partial charge in [-0.1, -0.05) is 0 Å². The van der Waals surface area contributed by atoms with Crippen LogP contribution in [0.25, 0.3) is 0 Å². The first-order valence-corrected chi connectivity index (χ1v) is 5.25. The van der Waals surface area contributed by atoms with Crippen molar-refractivity contribution in [3.8, 4) is 5.75 Å². The number of nitrogens with two attached hydrogens (primary N) is 1. The number of aromatic hydroxyl groups is 1. The van der Waals surface area contributed by atoms with Gasteiger partial charge in [0.2, 0.25) is 0 Å². The standard InChI is InChI=1S/C11H19N3O2/c1-7(2)14(12)5-10-9(6-15)4-13-8(3)11(10)16/h4,7,15-16H,5-6,12H2,1-3H3. The van der Waals surface area contributed by atoms with Crippen LogP contribution in [0.4, 0.5) is 0 Å². The van der Waals surface area contributed by atoms with Gasteiger partial charge in [0.15, 0.2) is 0 Å². The summed E-state index contributed by atoms with van der Waals surface area (Å²) in [6.45, 7) is 5.88. The average molecular weight is 225 g/mol. The molecule has 0 aliphatic heterocycles. The molecule has 16 heavy (non-hydrogen) atoms. The zero-order valence-corrected chi connectivity index (χ0v) is 9.94. The topological polar surface area (TPSA) is 82.6 Å². The lowest BCUT2D eigenvalue weighted by Gasteiger charge is -2.22. The molecule has 4 N–H and O–H groups in total. The van der Waals surface area contributed by atoms with E-state index in [4.69, 9.17) is 5.84 Å². The second kappa shape index (κ2) is 5.25. The number of aliphatic hydroxyl groups is 1. The number of aliphatic hydroxyl groups excluding tert-OH is 1. The number of rotatable bonds is 4. The molecule has 1 aromatic heterocycles. The Morgan fingerprint density at radius 3 is 2.62 bits per heavy atom. The highest BCUT2D eigenvalue weighted by Gasteiger charge is 2.14. The Morgan fingerprint density at radius 1 is 1.50 bits per heavy atom. The molecule has 0 amide bonds. The number of hydrogen-bond donors (Lipinski definition) is 3. The molecule has 0 aliphatic rings. The van der Waals surface area contributed by atoms with Crippen molar-refractivity contribution in [3.63, 3.8) is 0 Å². The quantitative estimate of drug-likeness (QED) is 0.518. The van der Waals surface area contributed by atoms with Crippen LogP contribution in [0.15, 0.2) is 6.20 Å². The summed E-state index contributed by atoms with van der Waals surface area (Å²) >= 11 is 0. The first kappa shape index (κ1) is 12.9. The van der Waals surface area contributed by atoms with E-state index in [2.05, 4.69) is 4.98 Å².